The molecular formula is C73H116O38. The van der Waals surface area contributed by atoms with Gasteiger partial charge in [0.25, 0.3) is 0 Å². The number of carbonyl (C=O) groups is 2. The Morgan fingerprint density at radius 3 is 1.45 bits per heavy atom. The first kappa shape index (κ1) is 86.2. The van der Waals surface area contributed by atoms with Gasteiger partial charge < -0.3 is 178 Å². The van der Waals surface area contributed by atoms with Gasteiger partial charge in [0.1, 0.15) is 146 Å². The van der Waals surface area contributed by atoms with Crippen molar-refractivity contribution in [2.24, 2.45) is 50.2 Å². The van der Waals surface area contributed by atoms with Crippen LogP contribution in [0.3, 0.4) is 0 Å². The van der Waals surface area contributed by atoms with E-state index in [2.05, 4.69) is 40.7 Å². The van der Waals surface area contributed by atoms with Gasteiger partial charge in [0.2, 0.25) is 6.29 Å². The van der Waals surface area contributed by atoms with Gasteiger partial charge in [-0.15, -0.1) is 0 Å². The second kappa shape index (κ2) is 32.5. The minimum absolute atomic E-state index is 0.0579. The number of hydrogen-bond acceptors (Lipinski definition) is 37. The normalized spacial score (nSPS) is 54.8. The fourth-order valence-electron chi connectivity index (χ4n) is 21.0. The molecule has 5 aliphatic carbocycles. The van der Waals surface area contributed by atoms with Crippen molar-refractivity contribution in [2.75, 3.05) is 33.0 Å². The number of aliphatic hydroxyl groups is 19. The van der Waals surface area contributed by atoms with Crippen LogP contribution >= 0.6 is 0 Å². The summed E-state index contributed by atoms with van der Waals surface area (Å²) in [4.78, 5) is 28.9. The molecule has 38 heteroatoms. The van der Waals surface area contributed by atoms with Crippen LogP contribution in [-0.4, -0.2) is 374 Å². The first-order chi connectivity index (χ1) is 52.0. The highest BCUT2D eigenvalue weighted by atomic mass is 16.8. The SMILES string of the molecule is CC1OC(OC2C(O)COC(OC(=O)C34CCC(C)(C)CC3C3=CCC5C6(C)CCC(OC7OC(C(=O)O)C(O)C(OC8OCC(O)C(O)C8O)C7O)C(C)(C)C6CCC5(C)C3(C)CC4O)C2OC2OC(C)C(OC3OCC(O)C(O)C3O)C(OC3OCC(O)C(OC4OCC(O)C(O)C4O)C3O)C2O)C(O)C(O)C1O. The lowest BCUT2D eigenvalue weighted by atomic mass is 9.33. The highest BCUT2D eigenvalue weighted by Crippen LogP contribution is 2.76. The maximum atomic E-state index is 16.3. The van der Waals surface area contributed by atoms with Crippen LogP contribution in [0.2, 0.25) is 0 Å². The molecule has 12 fully saturated rings. The molecule has 13 rings (SSSR count). The quantitative estimate of drug-likeness (QED) is 0.0366. The second-order valence-electron chi connectivity index (χ2n) is 35.4. The Bertz CT molecular complexity index is 3250. The Morgan fingerprint density at radius 1 is 0.405 bits per heavy atom. The molecule has 0 aromatic heterocycles. The van der Waals surface area contributed by atoms with Gasteiger partial charge in [-0.05, 0) is 116 Å². The number of allylic oxidation sites excluding steroid dienone is 2. The van der Waals surface area contributed by atoms with Gasteiger partial charge in [-0.1, -0.05) is 60.1 Å². The van der Waals surface area contributed by atoms with E-state index in [4.69, 9.17) is 75.8 Å². The van der Waals surface area contributed by atoms with Crippen molar-refractivity contribution < 1.29 is 188 Å². The molecule has 0 spiro atoms. The van der Waals surface area contributed by atoms with Crippen molar-refractivity contribution >= 4 is 11.9 Å². The van der Waals surface area contributed by atoms with Crippen LogP contribution in [0.4, 0.5) is 0 Å². The number of esters is 1. The van der Waals surface area contributed by atoms with Crippen LogP contribution in [0.25, 0.3) is 0 Å². The van der Waals surface area contributed by atoms with Crippen molar-refractivity contribution in [3.05, 3.63) is 11.6 Å². The van der Waals surface area contributed by atoms with Crippen molar-refractivity contribution in [1.82, 2.24) is 0 Å². The maximum Gasteiger partial charge on any atom is 0.335 e. The molecular weight excluding hydrogens is 1480 g/mol. The van der Waals surface area contributed by atoms with Crippen LogP contribution in [0.15, 0.2) is 11.6 Å². The molecule has 20 N–H and O–H groups in total. The molecule has 44 unspecified atom stereocenters. The fraction of sp³-hybridized carbons (Fsp3) is 0.945. The summed E-state index contributed by atoms with van der Waals surface area (Å²) in [5.74, 6) is -3.39. The van der Waals surface area contributed by atoms with Crippen molar-refractivity contribution in [2.45, 2.75) is 347 Å². The van der Waals surface area contributed by atoms with E-state index in [1.807, 2.05) is 13.8 Å². The van der Waals surface area contributed by atoms with E-state index in [9.17, 15) is 107 Å². The van der Waals surface area contributed by atoms with Gasteiger partial charge in [0.15, 0.2) is 56.2 Å². The van der Waals surface area contributed by atoms with E-state index in [0.717, 1.165) is 5.57 Å². The zero-order valence-corrected chi connectivity index (χ0v) is 63.4. The minimum Gasteiger partial charge on any atom is -0.479 e. The summed E-state index contributed by atoms with van der Waals surface area (Å²) in [5, 5.41) is 223. The third kappa shape index (κ3) is 15.3. The third-order valence-electron chi connectivity index (χ3n) is 27.8. The number of carboxylic acid groups (broad SMARTS) is 1. The van der Waals surface area contributed by atoms with Gasteiger partial charge in [-0.25, -0.2) is 4.79 Å². The molecule has 8 heterocycles. The molecule has 0 amide bonds. The zero-order chi connectivity index (χ0) is 80.7. The Balaban J connectivity index is 0.783. The molecule has 0 radical (unpaired) electrons. The number of carboxylic acids is 1. The lowest BCUT2D eigenvalue weighted by Gasteiger charge is -2.71. The molecule has 4 saturated carbocycles. The first-order valence-electron chi connectivity index (χ1n) is 38.7. The number of rotatable bonds is 17. The lowest BCUT2D eigenvalue weighted by molar-refractivity contribution is -0.399. The summed E-state index contributed by atoms with van der Waals surface area (Å²) in [5.41, 5.74) is -3.70. The summed E-state index contributed by atoms with van der Waals surface area (Å²) in [6.45, 7) is 14.7. The molecule has 44 atom stereocenters. The molecule has 38 nitrogen and oxygen atoms in total. The maximum absolute atomic E-state index is 16.3. The van der Waals surface area contributed by atoms with Crippen LogP contribution in [0.1, 0.15) is 120 Å². The number of carbonyl (C=O) groups excluding carboxylic acids is 1. The van der Waals surface area contributed by atoms with Gasteiger partial charge in [0.05, 0.1) is 57.5 Å². The predicted octanol–water partition coefficient (Wildman–Crippen LogP) is -6.42. The predicted molar refractivity (Wildman–Crippen MR) is 362 cm³/mol. The highest BCUT2D eigenvalue weighted by molar-refractivity contribution is 5.80. The standard InChI is InChI=1S/C73H116O38/c1-25-38(80)42(84)46(88)63(101-25)106-53-33(78)24-100-66(57(53)110-64-50(92)55(51(26(2)102-64)104-59-43(85)39(81)29(74)20-96-59)108-62-48(90)52(32(77)23-99-62)105-60-44(86)40(82)30(75)21-97-60)111-67(95)73-17-16-68(3,4)18-28(73)27-10-11-35-70(7)14-13-37(69(5,6)34(70)12-15-71(35,8)72(27,9)19-36(73)79)103-65-49(91)54(47(89)56(109-65)58(93)94)107-61-45(87)41(83)31(76)22-98-61/h10,25-26,28-57,59-66,74-92H,11-24H2,1-9H3,(H,93,94). The van der Waals surface area contributed by atoms with E-state index < -0.39 is 311 Å². The Morgan fingerprint density at radius 2 is 0.865 bits per heavy atom. The van der Waals surface area contributed by atoms with Gasteiger partial charge in [-0.3, -0.25) is 4.79 Å². The number of aliphatic hydroxyl groups excluding tert-OH is 19. The molecule has 8 aliphatic heterocycles. The van der Waals surface area contributed by atoms with Gasteiger partial charge in [-0.2, -0.15) is 0 Å². The average molecular weight is 1600 g/mol. The summed E-state index contributed by atoms with van der Waals surface area (Å²) in [7, 11) is 0. The van der Waals surface area contributed by atoms with Crippen molar-refractivity contribution in [1.29, 1.82) is 0 Å². The van der Waals surface area contributed by atoms with Gasteiger partial charge in [0, 0.05) is 0 Å². The zero-order valence-electron chi connectivity index (χ0n) is 63.4. The molecule has 636 valence electrons. The number of aliphatic carboxylic acids is 1. The number of hydrogen-bond donors (Lipinski definition) is 20. The van der Waals surface area contributed by atoms with Crippen LogP contribution in [0.5, 0.6) is 0 Å². The largest absolute Gasteiger partial charge is 0.479 e. The summed E-state index contributed by atoms with van der Waals surface area (Å²) in [6, 6.07) is 0. The summed E-state index contributed by atoms with van der Waals surface area (Å²) < 4.78 is 96.8. The lowest BCUT2D eigenvalue weighted by Crippen LogP contribution is -2.69. The smallest absolute Gasteiger partial charge is 0.335 e. The van der Waals surface area contributed by atoms with E-state index in [1.165, 1.54) is 13.8 Å². The van der Waals surface area contributed by atoms with Crippen LogP contribution in [-0.2, 0) is 85.4 Å². The molecule has 13 aliphatic rings. The van der Waals surface area contributed by atoms with E-state index >= 15 is 4.79 Å². The highest BCUT2D eigenvalue weighted by Gasteiger charge is 2.73. The van der Waals surface area contributed by atoms with Gasteiger partial charge >= 0.3 is 11.9 Å². The summed E-state index contributed by atoms with van der Waals surface area (Å²) in [6.07, 6.45) is -59.2. The Labute approximate surface area is 639 Å². The van der Waals surface area contributed by atoms with Crippen LogP contribution in [0, 0.1) is 50.2 Å². The molecule has 0 aromatic rings. The third-order valence-corrected chi connectivity index (χ3v) is 27.8. The van der Waals surface area contributed by atoms with Crippen molar-refractivity contribution in [3.63, 3.8) is 0 Å². The Kier molecular flexibility index (Phi) is 25.2. The fourth-order valence-corrected chi connectivity index (χ4v) is 21.0. The van der Waals surface area contributed by atoms with Crippen LogP contribution < -0.4 is 0 Å². The van der Waals surface area contributed by atoms with E-state index in [0.29, 0.717) is 44.9 Å². The summed E-state index contributed by atoms with van der Waals surface area (Å²) >= 11 is 0. The van der Waals surface area contributed by atoms with E-state index in [1.54, 1.807) is 0 Å². The monoisotopic (exact) mass is 1600 g/mol. The second-order valence-corrected chi connectivity index (χ2v) is 35.4. The average Bonchev–Trinajstić information content (AvgIpc) is 0.669. The van der Waals surface area contributed by atoms with Crippen molar-refractivity contribution in [3.8, 4) is 0 Å². The molecule has 111 heavy (non-hydrogen) atoms. The van der Waals surface area contributed by atoms with E-state index in [-0.39, 0.29) is 24.7 Å². The minimum atomic E-state index is -2.22. The topological polar surface area (TPSA) is 586 Å². The first-order valence-corrected chi connectivity index (χ1v) is 38.7. The molecule has 8 saturated heterocycles. The number of ether oxygens (including phenoxy) is 16. The number of fused-ring (bicyclic) bond motifs is 7. The molecule has 0 aromatic carbocycles. The molecule has 0 bridgehead atoms. The Hall–Kier alpha value is -2.68.